The molecule has 0 spiro atoms. The van der Waals surface area contributed by atoms with Gasteiger partial charge >= 0.3 is 5.97 Å². The summed E-state index contributed by atoms with van der Waals surface area (Å²) in [5, 5.41) is 9.74. The van der Waals surface area contributed by atoms with Gasteiger partial charge in [0.05, 0.1) is 11.7 Å². The van der Waals surface area contributed by atoms with Gasteiger partial charge in [0.25, 0.3) is 0 Å². The Morgan fingerprint density at radius 1 is 1.59 bits per heavy atom. The smallest absolute Gasteiger partial charge is 0.338 e. The van der Waals surface area contributed by atoms with Gasteiger partial charge in [0.1, 0.15) is 5.03 Å². The number of carboxylic acid groups (broad SMARTS) is 1. The molecule has 0 bridgehead atoms. The predicted molar refractivity (Wildman–Crippen MR) is 67.9 cm³/mol. The van der Waals surface area contributed by atoms with E-state index in [1.54, 1.807) is 20.1 Å². The Hall–Kier alpha value is -1.07. The molecule has 0 saturated carbocycles. The number of carboxylic acids is 1. The van der Waals surface area contributed by atoms with E-state index in [9.17, 15) is 9.90 Å². The van der Waals surface area contributed by atoms with Crippen molar-refractivity contribution < 1.29 is 14.6 Å². The van der Waals surface area contributed by atoms with Crippen molar-refractivity contribution in [3.05, 3.63) is 22.9 Å². The predicted octanol–water partition coefficient (Wildman–Crippen LogP) is 2.52. The van der Waals surface area contributed by atoms with Gasteiger partial charge < -0.3 is 9.84 Å². The zero-order valence-corrected chi connectivity index (χ0v) is 11.3. The molecule has 0 amide bonds. The van der Waals surface area contributed by atoms with Crippen LogP contribution in [0.4, 0.5) is 0 Å². The van der Waals surface area contributed by atoms with Crippen LogP contribution in [0.3, 0.4) is 0 Å². The van der Waals surface area contributed by atoms with Crippen LogP contribution in [0.5, 0.6) is 0 Å². The molecule has 0 saturated heterocycles. The summed E-state index contributed by atoms with van der Waals surface area (Å²) in [5.74, 6) is -0.241. The fourth-order valence-corrected chi connectivity index (χ4v) is 2.56. The Labute approximate surface area is 105 Å². The number of nitrogens with zero attached hydrogens (tertiary/aromatic N) is 1. The lowest BCUT2D eigenvalue weighted by atomic mass is 10.1. The minimum Gasteiger partial charge on any atom is -0.478 e. The molecule has 1 aromatic heterocycles. The fraction of sp³-hybridized carbons (Fsp3) is 0.500. The van der Waals surface area contributed by atoms with Crippen LogP contribution in [0.25, 0.3) is 0 Å². The fourth-order valence-electron chi connectivity index (χ4n) is 1.43. The second-order valence-corrected chi connectivity index (χ2v) is 4.93. The first-order valence-electron chi connectivity index (χ1n) is 5.32. The van der Waals surface area contributed by atoms with Gasteiger partial charge in [0, 0.05) is 18.6 Å². The Kier molecular flexibility index (Phi) is 4.96. The number of methoxy groups -OCH3 is 1. The zero-order valence-electron chi connectivity index (χ0n) is 10.5. The van der Waals surface area contributed by atoms with Crippen molar-refractivity contribution >= 4 is 17.7 Å². The second-order valence-electron chi connectivity index (χ2n) is 3.92. The molecule has 1 rings (SSSR count). The zero-order chi connectivity index (χ0) is 13.0. The van der Waals surface area contributed by atoms with Crippen molar-refractivity contribution in [3.8, 4) is 0 Å². The van der Waals surface area contributed by atoms with Crippen LogP contribution >= 0.6 is 11.8 Å². The molecular formula is C12H17NO3S. The molecule has 1 atom stereocenters. The van der Waals surface area contributed by atoms with Gasteiger partial charge in [-0.05, 0) is 32.4 Å². The van der Waals surface area contributed by atoms with E-state index in [1.807, 2.05) is 13.8 Å². The number of carbonyl (C=O) groups is 1. The maximum Gasteiger partial charge on any atom is 0.338 e. The highest BCUT2D eigenvalue weighted by molar-refractivity contribution is 7.99. The highest BCUT2D eigenvalue weighted by atomic mass is 32.2. The number of aromatic carboxylic acids is 1. The van der Waals surface area contributed by atoms with Gasteiger partial charge in [-0.3, -0.25) is 0 Å². The van der Waals surface area contributed by atoms with Crippen LogP contribution in [-0.4, -0.2) is 35.0 Å². The largest absolute Gasteiger partial charge is 0.478 e. The number of aromatic nitrogens is 1. The second kappa shape index (κ2) is 6.02. The first-order chi connectivity index (χ1) is 7.95. The number of thioether (sulfide) groups is 1. The first kappa shape index (κ1) is 14.0. The van der Waals surface area contributed by atoms with Crippen LogP contribution < -0.4 is 0 Å². The average molecular weight is 255 g/mol. The van der Waals surface area contributed by atoms with Crippen LogP contribution in [0.2, 0.25) is 0 Å². The lowest BCUT2D eigenvalue weighted by molar-refractivity contribution is 0.0691. The Bertz CT molecular complexity index is 420. The summed E-state index contributed by atoms with van der Waals surface area (Å²) in [7, 11) is 1.64. The van der Waals surface area contributed by atoms with Crippen LogP contribution in [0.15, 0.2) is 11.1 Å². The molecule has 0 aliphatic carbocycles. The molecule has 0 fully saturated rings. The number of ether oxygens (including phenoxy) is 1. The van der Waals surface area contributed by atoms with Crippen molar-refractivity contribution in [1.29, 1.82) is 0 Å². The van der Waals surface area contributed by atoms with Gasteiger partial charge in [0.2, 0.25) is 0 Å². The summed E-state index contributed by atoms with van der Waals surface area (Å²) in [6.45, 7) is 5.60. The van der Waals surface area contributed by atoms with E-state index in [4.69, 9.17) is 4.74 Å². The molecule has 0 aliphatic heterocycles. The minimum atomic E-state index is -0.928. The number of hydrogen-bond acceptors (Lipinski definition) is 4. The third-order valence-electron chi connectivity index (χ3n) is 2.38. The van der Waals surface area contributed by atoms with Gasteiger partial charge in [0.15, 0.2) is 0 Å². The first-order valence-corrected chi connectivity index (χ1v) is 6.31. The van der Waals surface area contributed by atoms with E-state index in [0.717, 1.165) is 11.3 Å². The van der Waals surface area contributed by atoms with E-state index < -0.39 is 5.97 Å². The molecule has 94 valence electrons. The van der Waals surface area contributed by atoms with E-state index >= 15 is 0 Å². The van der Waals surface area contributed by atoms with Crippen molar-refractivity contribution in [1.82, 2.24) is 4.98 Å². The van der Waals surface area contributed by atoms with Gasteiger partial charge in [-0.25, -0.2) is 9.78 Å². The summed E-state index contributed by atoms with van der Waals surface area (Å²) in [5.41, 5.74) is 1.88. The molecule has 4 nitrogen and oxygen atoms in total. The maximum atomic E-state index is 11.2. The van der Waals surface area contributed by atoms with Crippen molar-refractivity contribution in [2.75, 3.05) is 12.9 Å². The van der Waals surface area contributed by atoms with Gasteiger partial charge in [-0.2, -0.15) is 0 Å². The molecule has 1 unspecified atom stereocenters. The van der Waals surface area contributed by atoms with Gasteiger partial charge in [-0.1, -0.05) is 0 Å². The molecule has 0 aromatic carbocycles. The van der Waals surface area contributed by atoms with Crippen LogP contribution in [0, 0.1) is 13.8 Å². The minimum absolute atomic E-state index is 0.0734. The third-order valence-corrected chi connectivity index (χ3v) is 3.59. The molecule has 0 aliphatic rings. The van der Waals surface area contributed by atoms with Gasteiger partial charge in [-0.15, -0.1) is 11.8 Å². The van der Waals surface area contributed by atoms with Crippen molar-refractivity contribution in [2.45, 2.75) is 31.9 Å². The van der Waals surface area contributed by atoms with E-state index in [0.29, 0.717) is 16.3 Å². The van der Waals surface area contributed by atoms with Crippen LogP contribution in [-0.2, 0) is 4.74 Å². The summed E-state index contributed by atoms with van der Waals surface area (Å²) >= 11 is 1.42. The Morgan fingerprint density at radius 3 is 2.76 bits per heavy atom. The lowest BCUT2D eigenvalue weighted by Gasteiger charge is -2.12. The molecule has 1 N–H and O–H groups in total. The highest BCUT2D eigenvalue weighted by Gasteiger charge is 2.16. The molecule has 1 heterocycles. The van der Waals surface area contributed by atoms with E-state index in [2.05, 4.69) is 4.98 Å². The SMILES string of the molecule is COC(C)CSc1nc(C)cc(C)c1C(=O)O. The van der Waals surface area contributed by atoms with Crippen molar-refractivity contribution in [3.63, 3.8) is 0 Å². The van der Waals surface area contributed by atoms with E-state index in [-0.39, 0.29) is 6.10 Å². The topological polar surface area (TPSA) is 59.4 Å². The number of hydrogen-bond donors (Lipinski definition) is 1. The summed E-state index contributed by atoms with van der Waals surface area (Å²) in [4.78, 5) is 15.5. The quantitative estimate of drug-likeness (QED) is 0.819. The standard InChI is InChI=1S/C12H17NO3S/c1-7-5-8(2)13-11(10(7)12(14)15)17-6-9(3)16-4/h5,9H,6H2,1-4H3,(H,14,15). The lowest BCUT2D eigenvalue weighted by Crippen LogP contribution is -2.10. The molecule has 0 radical (unpaired) electrons. The molecule has 17 heavy (non-hydrogen) atoms. The molecule has 5 heteroatoms. The molecular weight excluding hydrogens is 238 g/mol. The number of aryl methyl sites for hydroxylation is 2. The normalized spacial score (nSPS) is 12.5. The Balaban J connectivity index is 3.00. The van der Waals surface area contributed by atoms with Crippen molar-refractivity contribution in [2.24, 2.45) is 0 Å². The monoisotopic (exact) mass is 255 g/mol. The summed E-state index contributed by atoms with van der Waals surface area (Å²) < 4.78 is 5.14. The van der Waals surface area contributed by atoms with Crippen LogP contribution in [0.1, 0.15) is 28.5 Å². The number of pyridine rings is 1. The average Bonchev–Trinajstić information content (AvgIpc) is 2.24. The summed E-state index contributed by atoms with van der Waals surface area (Å²) in [6.07, 6.45) is 0.0734. The maximum absolute atomic E-state index is 11.2. The third kappa shape index (κ3) is 3.71. The number of rotatable bonds is 5. The molecule has 1 aromatic rings. The highest BCUT2D eigenvalue weighted by Crippen LogP contribution is 2.25. The Morgan fingerprint density at radius 2 is 2.24 bits per heavy atom. The van der Waals surface area contributed by atoms with E-state index in [1.165, 1.54) is 11.8 Å². The summed E-state index contributed by atoms with van der Waals surface area (Å²) in [6, 6.07) is 1.78.